The zero-order valence-electron chi connectivity index (χ0n) is 17.6. The van der Waals surface area contributed by atoms with Crippen molar-refractivity contribution in [3.63, 3.8) is 0 Å². The van der Waals surface area contributed by atoms with E-state index in [1.165, 1.54) is 5.56 Å². The lowest BCUT2D eigenvalue weighted by Gasteiger charge is -2.40. The second-order valence-corrected chi connectivity index (χ2v) is 8.63. The maximum atomic E-state index is 10.7. The number of nitrogens with zero attached hydrogens (tertiary/aromatic N) is 1. The number of fused-ring (bicyclic) bond motifs is 1. The second-order valence-electron chi connectivity index (χ2n) is 8.22. The van der Waals surface area contributed by atoms with Gasteiger partial charge in [-0.25, -0.2) is 0 Å². The number of benzene rings is 2. The summed E-state index contributed by atoms with van der Waals surface area (Å²) in [7, 11) is 0. The van der Waals surface area contributed by atoms with Crippen LogP contribution in [-0.2, 0) is 17.7 Å². The van der Waals surface area contributed by atoms with Crippen molar-refractivity contribution in [1.29, 1.82) is 0 Å². The topological polar surface area (TPSA) is 95.1 Å². The highest BCUT2D eigenvalue weighted by atomic mass is 35.5. The minimum atomic E-state index is -1.43. The highest BCUT2D eigenvalue weighted by Crippen LogP contribution is 2.40. The summed E-state index contributed by atoms with van der Waals surface area (Å²) in [5, 5.41) is 42.1. The number of halogens is 1. The Balaban J connectivity index is 1.81. The molecule has 1 aromatic heterocycles. The maximum absolute atomic E-state index is 10.7. The predicted molar refractivity (Wildman–Crippen MR) is 119 cm³/mol. The Morgan fingerprint density at radius 2 is 1.65 bits per heavy atom. The number of ether oxygens (including phenoxy) is 1. The molecule has 2 heterocycles. The van der Waals surface area contributed by atoms with Crippen LogP contribution in [0.15, 0.2) is 42.6 Å². The van der Waals surface area contributed by atoms with Crippen molar-refractivity contribution in [3.8, 4) is 0 Å². The Bertz CT molecular complexity index is 1060. The average molecular weight is 446 g/mol. The SMILES string of the molecule is CCc1ccc(Cn2cc([C@@H]3O[C@H](CO)[C@@H](O)[C@H](O)[C@H]3O)c3c(C)ccc(Cl)c32)cc1. The molecule has 166 valence electrons. The van der Waals surface area contributed by atoms with Crippen LogP contribution in [0.4, 0.5) is 0 Å². The molecule has 0 aliphatic carbocycles. The molecule has 0 amide bonds. The molecule has 7 heteroatoms. The Hall–Kier alpha value is -1.93. The first kappa shape index (κ1) is 22.3. The first-order valence-corrected chi connectivity index (χ1v) is 10.9. The first-order valence-electron chi connectivity index (χ1n) is 10.5. The van der Waals surface area contributed by atoms with Crippen molar-refractivity contribution in [2.24, 2.45) is 0 Å². The van der Waals surface area contributed by atoms with E-state index in [-0.39, 0.29) is 0 Å². The molecule has 0 bridgehead atoms. The van der Waals surface area contributed by atoms with Gasteiger partial charge >= 0.3 is 0 Å². The quantitative estimate of drug-likeness (QED) is 0.484. The molecule has 1 aliphatic rings. The normalized spacial score (nSPS) is 26.5. The Morgan fingerprint density at radius 1 is 0.968 bits per heavy atom. The molecule has 4 rings (SSSR count). The molecular weight excluding hydrogens is 418 g/mol. The van der Waals surface area contributed by atoms with Crippen molar-refractivity contribution < 1.29 is 25.2 Å². The minimum absolute atomic E-state index is 0.469. The van der Waals surface area contributed by atoms with Crippen LogP contribution < -0.4 is 0 Å². The number of aliphatic hydroxyl groups is 4. The lowest BCUT2D eigenvalue weighted by Crippen LogP contribution is -2.55. The lowest BCUT2D eigenvalue weighted by atomic mass is 9.90. The predicted octanol–water partition coefficient (Wildman–Crippen LogP) is 2.73. The number of hydrogen-bond acceptors (Lipinski definition) is 5. The van der Waals surface area contributed by atoms with Gasteiger partial charge in [0.1, 0.15) is 30.5 Å². The van der Waals surface area contributed by atoms with Gasteiger partial charge in [-0.15, -0.1) is 0 Å². The van der Waals surface area contributed by atoms with Gasteiger partial charge in [-0.1, -0.05) is 48.9 Å². The average Bonchev–Trinajstić information content (AvgIpc) is 3.15. The zero-order valence-corrected chi connectivity index (χ0v) is 18.3. The highest BCUT2D eigenvalue weighted by molar-refractivity contribution is 6.35. The first-order chi connectivity index (χ1) is 14.8. The van der Waals surface area contributed by atoms with Gasteiger partial charge in [0.25, 0.3) is 0 Å². The molecule has 31 heavy (non-hydrogen) atoms. The largest absolute Gasteiger partial charge is 0.394 e. The number of aryl methyl sites for hydroxylation is 2. The monoisotopic (exact) mass is 445 g/mol. The zero-order chi connectivity index (χ0) is 22.3. The van der Waals surface area contributed by atoms with Crippen molar-refractivity contribution in [2.45, 2.75) is 57.3 Å². The second kappa shape index (κ2) is 8.90. The van der Waals surface area contributed by atoms with Crippen molar-refractivity contribution in [2.75, 3.05) is 6.61 Å². The van der Waals surface area contributed by atoms with Gasteiger partial charge in [0, 0.05) is 23.7 Å². The van der Waals surface area contributed by atoms with E-state index in [1.54, 1.807) is 0 Å². The Morgan fingerprint density at radius 3 is 2.29 bits per heavy atom. The van der Waals surface area contributed by atoms with Gasteiger partial charge in [-0.2, -0.15) is 0 Å². The van der Waals surface area contributed by atoms with Gasteiger partial charge in [0.15, 0.2) is 0 Å². The molecule has 5 atom stereocenters. The lowest BCUT2D eigenvalue weighted by molar-refractivity contribution is -0.231. The van der Waals surface area contributed by atoms with Gasteiger partial charge in [0.05, 0.1) is 17.1 Å². The van der Waals surface area contributed by atoms with E-state index in [0.717, 1.165) is 28.5 Å². The fraction of sp³-hybridized carbons (Fsp3) is 0.417. The molecule has 0 spiro atoms. The van der Waals surface area contributed by atoms with E-state index in [0.29, 0.717) is 17.1 Å². The molecule has 1 saturated heterocycles. The number of rotatable bonds is 5. The van der Waals surface area contributed by atoms with E-state index < -0.39 is 37.1 Å². The number of aromatic nitrogens is 1. The summed E-state index contributed by atoms with van der Waals surface area (Å²) < 4.78 is 7.86. The minimum Gasteiger partial charge on any atom is -0.394 e. The van der Waals surface area contributed by atoms with E-state index in [1.807, 2.05) is 29.8 Å². The summed E-state index contributed by atoms with van der Waals surface area (Å²) in [5.74, 6) is 0. The van der Waals surface area contributed by atoms with E-state index in [9.17, 15) is 20.4 Å². The van der Waals surface area contributed by atoms with Crippen molar-refractivity contribution in [1.82, 2.24) is 4.57 Å². The molecule has 0 unspecified atom stereocenters. The number of aliphatic hydroxyl groups excluding tert-OH is 4. The standard InChI is InChI=1S/C24H28ClNO5/c1-3-14-5-7-15(8-6-14)10-26-11-16(19-13(2)4-9-17(25)20(19)26)24-23(30)22(29)21(28)18(12-27)31-24/h4-9,11,18,21-24,27-30H,3,10,12H2,1-2H3/t18-,21-,22+,23-,24+/m1/s1. The molecule has 2 aromatic carbocycles. The van der Waals surface area contributed by atoms with Crippen LogP contribution in [0.3, 0.4) is 0 Å². The molecule has 6 nitrogen and oxygen atoms in total. The van der Waals surface area contributed by atoms with Crippen LogP contribution in [0, 0.1) is 6.92 Å². The van der Waals surface area contributed by atoms with Crippen LogP contribution >= 0.6 is 11.6 Å². The third-order valence-corrected chi connectivity index (χ3v) is 6.50. The van der Waals surface area contributed by atoms with E-state index in [2.05, 4.69) is 31.2 Å². The van der Waals surface area contributed by atoms with Gasteiger partial charge < -0.3 is 29.7 Å². The van der Waals surface area contributed by atoms with Crippen LogP contribution in [0.25, 0.3) is 10.9 Å². The summed E-state index contributed by atoms with van der Waals surface area (Å²) in [4.78, 5) is 0. The Labute approximate surface area is 186 Å². The summed E-state index contributed by atoms with van der Waals surface area (Å²) in [6.07, 6.45) is -3.22. The molecule has 4 N–H and O–H groups in total. The van der Waals surface area contributed by atoms with Gasteiger partial charge in [0.2, 0.25) is 0 Å². The van der Waals surface area contributed by atoms with E-state index in [4.69, 9.17) is 16.3 Å². The van der Waals surface area contributed by atoms with Crippen molar-refractivity contribution in [3.05, 3.63) is 69.9 Å². The highest BCUT2D eigenvalue weighted by Gasteiger charge is 2.45. The smallest absolute Gasteiger partial charge is 0.114 e. The molecule has 0 saturated carbocycles. The molecule has 0 radical (unpaired) electrons. The van der Waals surface area contributed by atoms with Crippen LogP contribution in [0.1, 0.15) is 35.3 Å². The van der Waals surface area contributed by atoms with Gasteiger partial charge in [-0.05, 0) is 36.1 Å². The summed E-state index contributed by atoms with van der Waals surface area (Å²) in [5.41, 5.74) is 4.79. The molecular formula is C24H28ClNO5. The molecule has 1 aliphatic heterocycles. The number of hydrogen-bond donors (Lipinski definition) is 4. The molecule has 1 fully saturated rings. The van der Waals surface area contributed by atoms with Crippen LogP contribution in [-0.4, -0.2) is 56.0 Å². The van der Waals surface area contributed by atoms with Crippen LogP contribution in [0.5, 0.6) is 0 Å². The third-order valence-electron chi connectivity index (χ3n) is 6.19. The third kappa shape index (κ3) is 4.00. The van der Waals surface area contributed by atoms with Crippen LogP contribution in [0.2, 0.25) is 5.02 Å². The van der Waals surface area contributed by atoms with E-state index >= 15 is 0 Å². The fourth-order valence-electron chi connectivity index (χ4n) is 4.38. The van der Waals surface area contributed by atoms with Crippen molar-refractivity contribution >= 4 is 22.5 Å². The molecule has 3 aromatic rings. The Kier molecular flexibility index (Phi) is 6.40. The summed E-state index contributed by atoms with van der Waals surface area (Å²) >= 11 is 6.59. The fourth-order valence-corrected chi connectivity index (χ4v) is 4.65. The summed E-state index contributed by atoms with van der Waals surface area (Å²) in [6.45, 7) is 4.17. The maximum Gasteiger partial charge on any atom is 0.114 e. The van der Waals surface area contributed by atoms with Gasteiger partial charge in [-0.3, -0.25) is 0 Å². The summed E-state index contributed by atoms with van der Waals surface area (Å²) in [6, 6.07) is 12.1.